The molecule has 1 saturated carbocycles. The molecule has 1 fully saturated rings. The third kappa shape index (κ3) is 4.81. The second-order valence-corrected chi connectivity index (χ2v) is 6.39. The van der Waals surface area contributed by atoms with Crippen LogP contribution >= 0.6 is 0 Å². The monoisotopic (exact) mass is 332 g/mol. The second-order valence-electron chi connectivity index (χ2n) is 6.39. The number of hydrogen-bond donors (Lipinski definition) is 2. The van der Waals surface area contributed by atoms with E-state index in [-0.39, 0.29) is 17.9 Å². The van der Waals surface area contributed by atoms with Gasteiger partial charge in [-0.05, 0) is 49.9 Å². The molecule has 0 saturated heterocycles. The van der Waals surface area contributed by atoms with Gasteiger partial charge in [-0.25, -0.2) is 0 Å². The summed E-state index contributed by atoms with van der Waals surface area (Å²) in [5.41, 5.74) is 2.16. The van der Waals surface area contributed by atoms with E-state index in [1.807, 2.05) is 13.8 Å². The number of ether oxygens (including phenoxy) is 1. The van der Waals surface area contributed by atoms with Crippen molar-refractivity contribution >= 4 is 17.5 Å². The van der Waals surface area contributed by atoms with E-state index in [0.717, 1.165) is 24.1 Å². The van der Waals surface area contributed by atoms with Gasteiger partial charge in [0.05, 0.1) is 6.10 Å². The van der Waals surface area contributed by atoms with Crippen molar-refractivity contribution in [2.24, 2.45) is 0 Å². The first kappa shape index (κ1) is 18.5. The van der Waals surface area contributed by atoms with Crippen LogP contribution in [0.5, 0.6) is 0 Å². The average Bonchev–Trinajstić information content (AvgIpc) is 2.61. The molecule has 0 radical (unpaired) electrons. The predicted molar refractivity (Wildman–Crippen MR) is 95.2 cm³/mol. The molecule has 0 bridgehead atoms. The maximum absolute atomic E-state index is 12.5. The van der Waals surface area contributed by atoms with Crippen molar-refractivity contribution in [3.05, 3.63) is 29.3 Å². The van der Waals surface area contributed by atoms with E-state index in [0.29, 0.717) is 12.0 Å². The minimum Gasteiger partial charge on any atom is -0.365 e. The van der Waals surface area contributed by atoms with E-state index in [1.165, 1.54) is 19.3 Å². The number of rotatable bonds is 6. The number of anilines is 1. The molecule has 1 aliphatic rings. The summed E-state index contributed by atoms with van der Waals surface area (Å²) in [5, 5.41) is 5.53. The topological polar surface area (TPSA) is 67.4 Å². The van der Waals surface area contributed by atoms with Crippen molar-refractivity contribution in [1.82, 2.24) is 5.32 Å². The molecule has 24 heavy (non-hydrogen) atoms. The highest BCUT2D eigenvalue weighted by Crippen LogP contribution is 2.23. The molecule has 0 spiro atoms. The number of nitrogens with one attached hydrogen (secondary N) is 2. The van der Waals surface area contributed by atoms with Crippen LogP contribution in [-0.4, -0.2) is 31.1 Å². The van der Waals surface area contributed by atoms with Crippen LogP contribution in [0.3, 0.4) is 0 Å². The lowest BCUT2D eigenvalue weighted by Gasteiger charge is -2.26. The van der Waals surface area contributed by atoms with Gasteiger partial charge < -0.3 is 15.4 Å². The molecule has 0 heterocycles. The molecular formula is C19H28N2O3. The van der Waals surface area contributed by atoms with Crippen molar-refractivity contribution in [3.8, 4) is 0 Å². The Morgan fingerprint density at radius 1 is 1.25 bits per heavy atom. The molecule has 2 rings (SSSR count). The first-order valence-corrected chi connectivity index (χ1v) is 8.84. The van der Waals surface area contributed by atoms with Crippen LogP contribution in [0.25, 0.3) is 0 Å². The molecule has 2 N–H and O–H groups in total. The van der Waals surface area contributed by atoms with Crippen LogP contribution in [0.2, 0.25) is 0 Å². The zero-order chi connectivity index (χ0) is 17.5. The van der Waals surface area contributed by atoms with Crippen molar-refractivity contribution in [2.75, 3.05) is 12.4 Å². The van der Waals surface area contributed by atoms with Gasteiger partial charge >= 0.3 is 0 Å². The molecule has 1 aromatic rings. The summed E-state index contributed by atoms with van der Waals surface area (Å²) >= 11 is 0. The number of carbonyl (C=O) groups excluding carboxylic acids is 2. The highest BCUT2D eigenvalue weighted by molar-refractivity contribution is 5.97. The highest BCUT2D eigenvalue weighted by atomic mass is 16.5. The Bertz CT molecular complexity index is 580. The lowest BCUT2D eigenvalue weighted by molar-refractivity contribution is -0.132. The van der Waals surface area contributed by atoms with Gasteiger partial charge in [-0.3, -0.25) is 9.59 Å². The lowest BCUT2D eigenvalue weighted by atomic mass is 9.97. The summed E-state index contributed by atoms with van der Waals surface area (Å²) in [4.78, 5) is 24.2. The summed E-state index contributed by atoms with van der Waals surface area (Å²) in [6.45, 7) is 3.85. The lowest BCUT2D eigenvalue weighted by Crippen LogP contribution is -2.34. The van der Waals surface area contributed by atoms with E-state index in [9.17, 15) is 9.59 Å². The smallest absolute Gasteiger partial charge is 0.253 e. The Balaban J connectivity index is 2.00. The molecule has 1 atom stereocenters. The SMILES string of the molecule is CC[C@H](OC1CCCCC1)C(=O)Nc1ccc(C(=O)NC)cc1C. The number of carbonyl (C=O) groups is 2. The molecule has 0 aromatic heterocycles. The van der Waals surface area contributed by atoms with Gasteiger partial charge in [-0.2, -0.15) is 0 Å². The van der Waals surface area contributed by atoms with Crippen molar-refractivity contribution in [1.29, 1.82) is 0 Å². The molecule has 0 unspecified atom stereocenters. The van der Waals surface area contributed by atoms with Gasteiger partial charge in [0.1, 0.15) is 6.10 Å². The Hall–Kier alpha value is -1.88. The Morgan fingerprint density at radius 3 is 2.54 bits per heavy atom. The normalized spacial score (nSPS) is 16.5. The predicted octanol–water partition coefficient (Wildman–Crippen LogP) is 3.42. The molecular weight excluding hydrogens is 304 g/mol. The van der Waals surface area contributed by atoms with Crippen molar-refractivity contribution < 1.29 is 14.3 Å². The Kier molecular flexibility index (Phi) is 6.79. The van der Waals surface area contributed by atoms with E-state index >= 15 is 0 Å². The molecule has 0 aliphatic heterocycles. The molecule has 132 valence electrons. The van der Waals surface area contributed by atoms with Gasteiger partial charge in [0, 0.05) is 18.3 Å². The Labute approximate surface area is 144 Å². The largest absolute Gasteiger partial charge is 0.365 e. The van der Waals surface area contributed by atoms with Crippen molar-refractivity contribution in [3.63, 3.8) is 0 Å². The van der Waals surface area contributed by atoms with E-state index < -0.39 is 6.10 Å². The molecule has 1 aromatic carbocycles. The average molecular weight is 332 g/mol. The fourth-order valence-corrected chi connectivity index (χ4v) is 3.08. The van der Waals surface area contributed by atoms with Gasteiger partial charge in [-0.1, -0.05) is 26.2 Å². The summed E-state index contributed by atoms with van der Waals surface area (Å²) in [6, 6.07) is 5.26. The summed E-state index contributed by atoms with van der Waals surface area (Å²) < 4.78 is 6.02. The summed E-state index contributed by atoms with van der Waals surface area (Å²) in [6.07, 6.45) is 6.15. The number of amides is 2. The summed E-state index contributed by atoms with van der Waals surface area (Å²) in [5.74, 6) is -0.248. The second kappa shape index (κ2) is 8.83. The van der Waals surface area contributed by atoms with Crippen LogP contribution < -0.4 is 10.6 Å². The zero-order valence-corrected chi connectivity index (χ0v) is 14.9. The fourth-order valence-electron chi connectivity index (χ4n) is 3.08. The van der Waals surface area contributed by atoms with Gasteiger partial charge in [0.15, 0.2) is 0 Å². The van der Waals surface area contributed by atoms with Crippen LogP contribution in [0, 0.1) is 6.92 Å². The highest BCUT2D eigenvalue weighted by Gasteiger charge is 2.23. The maximum atomic E-state index is 12.5. The van der Waals surface area contributed by atoms with Gasteiger partial charge in [0.25, 0.3) is 11.8 Å². The third-order valence-corrected chi connectivity index (χ3v) is 4.55. The molecule has 2 amide bonds. The van der Waals surface area contributed by atoms with E-state index in [2.05, 4.69) is 10.6 Å². The number of benzene rings is 1. The first-order chi connectivity index (χ1) is 11.5. The van der Waals surface area contributed by atoms with Crippen molar-refractivity contribution in [2.45, 2.75) is 64.6 Å². The summed E-state index contributed by atoms with van der Waals surface area (Å²) in [7, 11) is 1.60. The third-order valence-electron chi connectivity index (χ3n) is 4.55. The van der Waals surface area contributed by atoms with E-state index in [1.54, 1.807) is 25.2 Å². The molecule has 5 heteroatoms. The molecule has 5 nitrogen and oxygen atoms in total. The minimum absolute atomic E-state index is 0.112. The van der Waals surface area contributed by atoms with E-state index in [4.69, 9.17) is 4.74 Å². The Morgan fingerprint density at radius 2 is 1.96 bits per heavy atom. The number of aryl methyl sites for hydroxylation is 1. The fraction of sp³-hybridized carbons (Fsp3) is 0.579. The number of hydrogen-bond acceptors (Lipinski definition) is 3. The van der Waals surface area contributed by atoms with Crippen LogP contribution in [0.15, 0.2) is 18.2 Å². The standard InChI is InChI=1S/C19H28N2O3/c1-4-17(24-15-8-6-5-7-9-15)19(23)21-16-11-10-14(12-13(16)2)18(22)20-3/h10-12,15,17H,4-9H2,1-3H3,(H,20,22)(H,21,23)/t17-/m0/s1. The first-order valence-electron chi connectivity index (χ1n) is 8.84. The van der Waals surface area contributed by atoms with Gasteiger partial charge in [-0.15, -0.1) is 0 Å². The van der Waals surface area contributed by atoms with Crippen LogP contribution in [0.4, 0.5) is 5.69 Å². The zero-order valence-electron chi connectivity index (χ0n) is 14.9. The van der Waals surface area contributed by atoms with Crippen LogP contribution in [-0.2, 0) is 9.53 Å². The minimum atomic E-state index is -0.425. The van der Waals surface area contributed by atoms with Gasteiger partial charge in [0.2, 0.25) is 0 Å². The quantitative estimate of drug-likeness (QED) is 0.839. The maximum Gasteiger partial charge on any atom is 0.253 e. The molecule has 1 aliphatic carbocycles. The van der Waals surface area contributed by atoms with Crippen LogP contribution in [0.1, 0.15) is 61.4 Å².